The third-order valence-electron chi connectivity index (χ3n) is 18.3. The highest BCUT2D eigenvalue weighted by atomic mass is 31.2. The second kappa shape index (κ2) is 54.6. The van der Waals surface area contributed by atoms with E-state index in [0.717, 1.165) is 89.2 Å². The van der Waals surface area contributed by atoms with Gasteiger partial charge in [-0.15, -0.1) is 0 Å². The molecular weight excluding hydrogens is 1290 g/mol. The van der Waals surface area contributed by atoms with Crippen molar-refractivity contribution in [1.82, 2.24) is 0 Å². The number of hydrogen-bond donors (Lipinski definition) is 11. The van der Waals surface area contributed by atoms with Gasteiger partial charge in [-0.05, 0) is 32.1 Å². The van der Waals surface area contributed by atoms with E-state index < -0.39 is 156 Å². The zero-order valence-corrected chi connectivity index (χ0v) is 60.2. The molecule has 25 heteroatoms. The third kappa shape index (κ3) is 37.4. The number of esters is 3. The van der Waals surface area contributed by atoms with Crippen LogP contribution in [0.4, 0.5) is 0 Å². The Hall–Kier alpha value is -3.08. The average molecular weight is 1420 g/mol. The number of phosphoric ester groups is 1. The average Bonchev–Trinajstić information content (AvgIpc) is 0.763. The van der Waals surface area contributed by atoms with E-state index in [1.165, 1.54) is 160 Å². The molecule has 18 atom stereocenters. The van der Waals surface area contributed by atoms with Crippen LogP contribution in [0.5, 0.6) is 0 Å². The van der Waals surface area contributed by atoms with Gasteiger partial charge in [0.25, 0.3) is 0 Å². The molecular formula is C73H129O24P. The van der Waals surface area contributed by atoms with E-state index in [2.05, 4.69) is 20.8 Å². The van der Waals surface area contributed by atoms with Crippen molar-refractivity contribution >= 4 is 25.7 Å². The lowest BCUT2D eigenvalue weighted by molar-refractivity contribution is -0.360. The Morgan fingerprint density at radius 2 is 0.776 bits per heavy atom. The summed E-state index contributed by atoms with van der Waals surface area (Å²) in [6.45, 7) is 3.23. The summed E-state index contributed by atoms with van der Waals surface area (Å²) >= 11 is 0. The summed E-state index contributed by atoms with van der Waals surface area (Å²) < 4.78 is 64.6. The summed E-state index contributed by atoms with van der Waals surface area (Å²) in [7, 11) is -5.72. The number of aliphatic hydroxyl groups excluding tert-OH is 10. The van der Waals surface area contributed by atoms with Crippen LogP contribution in [-0.2, 0) is 61.2 Å². The molecule has 18 unspecified atom stereocenters. The number of allylic oxidation sites excluding steroid dienone is 6. The molecule has 570 valence electrons. The van der Waals surface area contributed by atoms with Gasteiger partial charge in [0.1, 0.15) is 98.7 Å². The zero-order chi connectivity index (χ0) is 71.8. The monoisotopic (exact) mass is 1420 g/mol. The predicted octanol–water partition coefficient (Wildman–Crippen LogP) is 10.1. The summed E-state index contributed by atoms with van der Waals surface area (Å²) in [5.74, 6) is -2.48. The molecule has 0 aromatic carbocycles. The number of unbranched alkanes of at least 4 members (excludes halogenated alkanes) is 34. The number of rotatable bonds is 57. The van der Waals surface area contributed by atoms with Crippen molar-refractivity contribution in [1.29, 1.82) is 0 Å². The fourth-order valence-corrected chi connectivity index (χ4v) is 13.1. The van der Waals surface area contributed by atoms with Crippen LogP contribution in [0, 0.1) is 0 Å². The van der Waals surface area contributed by atoms with E-state index in [9.17, 15) is 74.9 Å². The van der Waals surface area contributed by atoms with Crippen molar-refractivity contribution in [3.8, 4) is 0 Å². The van der Waals surface area contributed by atoms with Crippen LogP contribution in [0.1, 0.15) is 265 Å². The van der Waals surface area contributed by atoms with Crippen molar-refractivity contribution in [2.75, 3.05) is 26.4 Å². The largest absolute Gasteiger partial charge is 0.472 e. The van der Waals surface area contributed by atoms with Crippen molar-refractivity contribution in [2.24, 2.45) is 0 Å². The first kappa shape index (κ1) is 89.1. The highest BCUT2D eigenvalue weighted by Crippen LogP contribution is 2.49. The van der Waals surface area contributed by atoms with Gasteiger partial charge >= 0.3 is 25.7 Å². The third-order valence-corrected chi connectivity index (χ3v) is 19.3. The fourth-order valence-electron chi connectivity index (χ4n) is 12.2. The van der Waals surface area contributed by atoms with Crippen molar-refractivity contribution < 1.29 is 117 Å². The zero-order valence-electron chi connectivity index (χ0n) is 59.3. The minimum absolute atomic E-state index is 0.0617. The molecule has 0 bridgehead atoms. The van der Waals surface area contributed by atoms with Crippen LogP contribution < -0.4 is 0 Å². The molecule has 11 N–H and O–H groups in total. The molecule has 98 heavy (non-hydrogen) atoms. The van der Waals surface area contributed by atoms with Crippen LogP contribution in [0.25, 0.3) is 0 Å². The quantitative estimate of drug-likeness (QED) is 0.00673. The van der Waals surface area contributed by atoms with Gasteiger partial charge in [0.15, 0.2) is 18.7 Å². The Morgan fingerprint density at radius 1 is 0.418 bits per heavy atom. The van der Waals surface area contributed by atoms with E-state index in [-0.39, 0.29) is 6.42 Å². The van der Waals surface area contributed by atoms with Crippen LogP contribution in [0.2, 0.25) is 0 Å². The maximum Gasteiger partial charge on any atom is 0.472 e. The molecule has 3 rings (SSSR count). The number of carbonyl (C=O) groups excluding carboxylic acids is 3. The summed E-state index contributed by atoms with van der Waals surface area (Å²) in [5.41, 5.74) is 0. The van der Waals surface area contributed by atoms with Crippen LogP contribution in [0.3, 0.4) is 0 Å². The number of hydrogen-bond acceptors (Lipinski definition) is 23. The van der Waals surface area contributed by atoms with Gasteiger partial charge in [-0.25, -0.2) is 14.2 Å². The minimum atomic E-state index is -5.72. The molecule has 0 aromatic heterocycles. The number of phosphoric acid groups is 1. The first-order valence-electron chi connectivity index (χ1n) is 37.5. The second-order valence-electron chi connectivity index (χ2n) is 26.8. The van der Waals surface area contributed by atoms with Crippen molar-refractivity contribution in [3.63, 3.8) is 0 Å². The van der Waals surface area contributed by atoms with Gasteiger partial charge in [-0.1, -0.05) is 263 Å². The molecule has 0 aromatic rings. The Balaban J connectivity index is 1.77. The maximum atomic E-state index is 14.3. The Labute approximate surface area is 584 Å². The van der Waals surface area contributed by atoms with Gasteiger partial charge in [-0.3, -0.25) is 13.8 Å². The van der Waals surface area contributed by atoms with Crippen LogP contribution in [-0.4, -0.2) is 204 Å². The Bertz CT molecular complexity index is 2220. The first-order chi connectivity index (χ1) is 47.3. The number of carbonyl (C=O) groups is 3. The summed E-state index contributed by atoms with van der Waals surface area (Å²) in [5, 5.41) is 110. The molecule has 24 nitrogen and oxygen atoms in total. The Kier molecular flexibility index (Phi) is 49.6. The smallest absolute Gasteiger partial charge is 0.460 e. The van der Waals surface area contributed by atoms with Gasteiger partial charge in [-0.2, -0.15) is 0 Å². The lowest BCUT2D eigenvalue weighted by atomic mass is 9.84. The van der Waals surface area contributed by atoms with Crippen LogP contribution in [0.15, 0.2) is 48.6 Å². The molecule has 2 saturated heterocycles. The normalized spacial score (nSPS) is 27.9. The molecule has 1 aliphatic carbocycles. The van der Waals surface area contributed by atoms with Crippen molar-refractivity contribution in [2.45, 2.75) is 369 Å². The van der Waals surface area contributed by atoms with Gasteiger partial charge in [0.05, 0.1) is 13.2 Å². The first-order valence-corrected chi connectivity index (χ1v) is 39.0. The molecule has 2 heterocycles. The molecule has 1 saturated carbocycles. The maximum absolute atomic E-state index is 14.3. The molecule has 0 radical (unpaired) electrons. The van der Waals surface area contributed by atoms with E-state index in [0.29, 0.717) is 12.8 Å². The second-order valence-corrected chi connectivity index (χ2v) is 28.2. The molecule has 3 fully saturated rings. The van der Waals surface area contributed by atoms with E-state index in [1.807, 2.05) is 12.2 Å². The summed E-state index contributed by atoms with van der Waals surface area (Å²) in [6.07, 6.45) is 18.8. The number of aliphatic hydroxyl groups is 10. The lowest BCUT2D eigenvalue weighted by Crippen LogP contribution is -2.69. The predicted molar refractivity (Wildman–Crippen MR) is 370 cm³/mol. The van der Waals surface area contributed by atoms with E-state index in [4.69, 9.17) is 42.2 Å². The molecule has 3 aliphatic rings. The lowest BCUT2D eigenvalue weighted by Gasteiger charge is -2.49. The van der Waals surface area contributed by atoms with E-state index in [1.54, 1.807) is 12.2 Å². The van der Waals surface area contributed by atoms with Gasteiger partial charge < -0.3 is 89.1 Å². The summed E-state index contributed by atoms with van der Waals surface area (Å²) in [6, 6.07) is 0. The van der Waals surface area contributed by atoms with Gasteiger partial charge in [0, 0.05) is 18.6 Å². The molecule has 0 amide bonds. The van der Waals surface area contributed by atoms with Crippen LogP contribution >= 0.6 is 7.82 Å². The topological polar surface area (TPSA) is 374 Å². The number of ether oxygens (including phenoxy) is 7. The fraction of sp³-hybridized carbons (Fsp3) is 0.849. The Morgan fingerprint density at radius 3 is 1.18 bits per heavy atom. The SMILES string of the molecule is CCCCCCCCCCCCC/C=C/C=C/C(=O)OCC(COP(=O)(O)OC1C(OC2OC(CO)C(O)C(O)C2O)C(O)C(O)C(O)C1OC1OC(COC(=O)/C=C/C=C/CCCCCCCCCCCCC)C(O)C(O)C1O)OC(=O)CCCCCCCCCCCCCCC. The van der Waals surface area contributed by atoms with E-state index >= 15 is 0 Å². The van der Waals surface area contributed by atoms with Gasteiger partial charge in [0.2, 0.25) is 0 Å². The minimum Gasteiger partial charge on any atom is -0.460 e. The molecule has 0 spiro atoms. The molecule has 2 aliphatic heterocycles. The summed E-state index contributed by atoms with van der Waals surface area (Å²) in [4.78, 5) is 50.7. The standard InChI is InChI=1S/C73H129O24P/c1-4-7-10-13-16-19-22-25-27-30-32-35-38-41-44-47-57(75)89-51-54(92-59(77)49-46-43-40-37-34-29-24-21-18-15-12-9-6-3)52-91-98(87,88)97-71-69(95-72-67(85)62(80)60(78)55(50-74)93-72)65(83)64(82)66(84)70(71)96-73-68(86)63(81)61(79)56(94-73)53-90-58(76)48-45-42-39-36-33-31-28-26-23-20-17-14-11-8-5-2/h38-39,41-42,44-45,47-48,54-56,60-74,78-86H,4-37,40,43,46,49-53H2,1-3H3,(H,87,88)/b41-38+,42-39+,47-44+,48-45+. The highest BCUT2D eigenvalue weighted by Gasteiger charge is 2.58. The van der Waals surface area contributed by atoms with Crippen molar-refractivity contribution in [3.05, 3.63) is 48.6 Å². The highest BCUT2D eigenvalue weighted by molar-refractivity contribution is 7.47.